The standard InChI is InChI=1S/C10H9NO3/c1-14-9-4-7(5-10(12)13)2-3-8(9)6-11/h2-4H,5H2,1H3,(H,12,13). The Balaban J connectivity index is 3.03. The van der Waals surface area contributed by atoms with E-state index in [0.29, 0.717) is 16.9 Å². The largest absolute Gasteiger partial charge is 0.495 e. The maximum Gasteiger partial charge on any atom is 0.307 e. The van der Waals surface area contributed by atoms with Gasteiger partial charge in [0.15, 0.2) is 0 Å². The lowest BCUT2D eigenvalue weighted by Gasteiger charge is -2.04. The minimum atomic E-state index is -0.906. The first kappa shape index (κ1) is 10.1. The third-order valence-corrected chi connectivity index (χ3v) is 1.74. The molecule has 0 bridgehead atoms. The molecular weight excluding hydrogens is 182 g/mol. The molecule has 0 aliphatic carbocycles. The molecule has 1 N–H and O–H groups in total. The highest BCUT2D eigenvalue weighted by Gasteiger charge is 2.05. The number of nitrogens with zero attached hydrogens (tertiary/aromatic N) is 1. The second-order valence-electron chi connectivity index (χ2n) is 2.72. The predicted molar refractivity (Wildman–Crippen MR) is 49.0 cm³/mol. The van der Waals surface area contributed by atoms with Crippen LogP contribution in [0.1, 0.15) is 11.1 Å². The van der Waals surface area contributed by atoms with E-state index in [2.05, 4.69) is 0 Å². The summed E-state index contributed by atoms with van der Waals surface area (Å²) in [7, 11) is 1.45. The molecule has 4 nitrogen and oxygen atoms in total. The van der Waals surface area contributed by atoms with Crippen LogP contribution < -0.4 is 4.74 Å². The van der Waals surface area contributed by atoms with E-state index >= 15 is 0 Å². The lowest BCUT2D eigenvalue weighted by Crippen LogP contribution is -2.00. The van der Waals surface area contributed by atoms with E-state index in [0.717, 1.165) is 0 Å². The second-order valence-corrected chi connectivity index (χ2v) is 2.72. The van der Waals surface area contributed by atoms with Gasteiger partial charge in [0.05, 0.1) is 19.1 Å². The van der Waals surface area contributed by atoms with Gasteiger partial charge in [-0.15, -0.1) is 0 Å². The molecule has 0 spiro atoms. The van der Waals surface area contributed by atoms with Crippen molar-refractivity contribution < 1.29 is 14.6 Å². The van der Waals surface area contributed by atoms with Gasteiger partial charge in [0.2, 0.25) is 0 Å². The maximum atomic E-state index is 10.4. The summed E-state index contributed by atoms with van der Waals surface area (Å²) in [6.07, 6.45) is -0.0674. The van der Waals surface area contributed by atoms with Crippen molar-refractivity contribution in [3.8, 4) is 11.8 Å². The van der Waals surface area contributed by atoms with E-state index in [4.69, 9.17) is 15.1 Å². The van der Waals surface area contributed by atoms with Crippen molar-refractivity contribution >= 4 is 5.97 Å². The number of methoxy groups -OCH3 is 1. The lowest BCUT2D eigenvalue weighted by atomic mass is 10.1. The molecule has 0 fully saturated rings. The molecule has 0 aliphatic heterocycles. The van der Waals surface area contributed by atoms with E-state index in [1.54, 1.807) is 18.2 Å². The summed E-state index contributed by atoms with van der Waals surface area (Å²) in [6.45, 7) is 0. The Labute approximate surface area is 81.4 Å². The van der Waals surface area contributed by atoms with Crippen LogP contribution in [-0.4, -0.2) is 18.2 Å². The first-order valence-electron chi connectivity index (χ1n) is 3.96. The Morgan fingerprint density at radius 3 is 2.86 bits per heavy atom. The second kappa shape index (κ2) is 4.28. The molecule has 0 saturated heterocycles. The molecule has 0 amide bonds. The predicted octanol–water partition coefficient (Wildman–Crippen LogP) is 1.19. The third-order valence-electron chi connectivity index (χ3n) is 1.74. The van der Waals surface area contributed by atoms with Gasteiger partial charge in [-0.25, -0.2) is 0 Å². The first-order chi connectivity index (χ1) is 6.67. The van der Waals surface area contributed by atoms with Crippen LogP contribution in [0.5, 0.6) is 5.75 Å². The monoisotopic (exact) mass is 191 g/mol. The summed E-state index contributed by atoms with van der Waals surface area (Å²) in [5.74, 6) is -0.497. The van der Waals surface area contributed by atoms with Crippen LogP contribution in [0.25, 0.3) is 0 Å². The highest BCUT2D eigenvalue weighted by atomic mass is 16.5. The van der Waals surface area contributed by atoms with E-state index in [1.165, 1.54) is 7.11 Å². The molecule has 1 rings (SSSR count). The van der Waals surface area contributed by atoms with Crippen molar-refractivity contribution in [1.82, 2.24) is 0 Å². The van der Waals surface area contributed by atoms with Gasteiger partial charge in [0.25, 0.3) is 0 Å². The molecule has 0 atom stereocenters. The van der Waals surface area contributed by atoms with Crippen LogP contribution >= 0.6 is 0 Å². The maximum absolute atomic E-state index is 10.4. The van der Waals surface area contributed by atoms with Gasteiger partial charge in [0, 0.05) is 0 Å². The highest BCUT2D eigenvalue weighted by Crippen LogP contribution is 2.19. The quantitative estimate of drug-likeness (QED) is 0.779. The summed E-state index contributed by atoms with van der Waals surface area (Å²) >= 11 is 0. The van der Waals surface area contributed by atoms with E-state index in [1.807, 2.05) is 6.07 Å². The molecule has 1 aromatic carbocycles. The number of benzene rings is 1. The minimum Gasteiger partial charge on any atom is -0.495 e. The fraction of sp³-hybridized carbons (Fsp3) is 0.200. The summed E-state index contributed by atoms with van der Waals surface area (Å²) < 4.78 is 4.94. The number of nitriles is 1. The van der Waals surface area contributed by atoms with E-state index in [9.17, 15) is 4.79 Å². The van der Waals surface area contributed by atoms with E-state index in [-0.39, 0.29) is 6.42 Å². The Hall–Kier alpha value is -2.02. The fourth-order valence-corrected chi connectivity index (χ4v) is 1.11. The fourth-order valence-electron chi connectivity index (χ4n) is 1.11. The van der Waals surface area contributed by atoms with Gasteiger partial charge in [-0.05, 0) is 17.7 Å². The summed E-state index contributed by atoms with van der Waals surface area (Å²) in [5, 5.41) is 17.2. The summed E-state index contributed by atoms with van der Waals surface area (Å²) in [6, 6.07) is 6.68. The number of carbonyl (C=O) groups is 1. The zero-order chi connectivity index (χ0) is 10.6. The smallest absolute Gasteiger partial charge is 0.307 e. The molecule has 4 heteroatoms. The number of carboxylic acid groups (broad SMARTS) is 1. The topological polar surface area (TPSA) is 70.3 Å². The van der Waals surface area contributed by atoms with Gasteiger partial charge < -0.3 is 9.84 Å². The first-order valence-corrected chi connectivity index (χ1v) is 3.96. The van der Waals surface area contributed by atoms with Crippen molar-refractivity contribution in [2.24, 2.45) is 0 Å². The number of aliphatic carboxylic acids is 1. The van der Waals surface area contributed by atoms with Crippen molar-refractivity contribution in [1.29, 1.82) is 5.26 Å². The van der Waals surface area contributed by atoms with Crippen molar-refractivity contribution in [2.75, 3.05) is 7.11 Å². The normalized spacial score (nSPS) is 9.14. The summed E-state index contributed by atoms with van der Waals surface area (Å²) in [4.78, 5) is 10.4. The van der Waals surface area contributed by atoms with Gasteiger partial charge in [-0.3, -0.25) is 4.79 Å². The molecule has 14 heavy (non-hydrogen) atoms. The number of rotatable bonds is 3. The van der Waals surface area contributed by atoms with Gasteiger partial charge >= 0.3 is 5.97 Å². The van der Waals surface area contributed by atoms with Crippen LogP contribution in [0.2, 0.25) is 0 Å². The molecule has 0 saturated carbocycles. The molecule has 0 heterocycles. The van der Waals surface area contributed by atoms with Crippen LogP contribution in [0.4, 0.5) is 0 Å². The zero-order valence-corrected chi connectivity index (χ0v) is 7.65. The van der Waals surface area contributed by atoms with Crippen molar-refractivity contribution in [3.05, 3.63) is 29.3 Å². The molecule has 0 unspecified atom stereocenters. The average Bonchev–Trinajstić information content (AvgIpc) is 2.16. The lowest BCUT2D eigenvalue weighted by molar-refractivity contribution is -0.136. The number of hydrogen-bond donors (Lipinski definition) is 1. The van der Waals surface area contributed by atoms with Gasteiger partial charge in [-0.1, -0.05) is 6.07 Å². The number of carboxylic acids is 1. The van der Waals surface area contributed by atoms with Gasteiger partial charge in [-0.2, -0.15) is 5.26 Å². The molecule has 0 aliphatic rings. The van der Waals surface area contributed by atoms with E-state index < -0.39 is 5.97 Å². The third kappa shape index (κ3) is 2.23. The molecular formula is C10H9NO3. The zero-order valence-electron chi connectivity index (χ0n) is 7.65. The van der Waals surface area contributed by atoms with Crippen molar-refractivity contribution in [3.63, 3.8) is 0 Å². The molecule has 1 aromatic rings. The van der Waals surface area contributed by atoms with Gasteiger partial charge in [0.1, 0.15) is 11.8 Å². The van der Waals surface area contributed by atoms with Crippen molar-refractivity contribution in [2.45, 2.75) is 6.42 Å². The number of hydrogen-bond acceptors (Lipinski definition) is 3. The SMILES string of the molecule is COc1cc(CC(=O)O)ccc1C#N. The number of ether oxygens (including phenoxy) is 1. The molecule has 0 radical (unpaired) electrons. The van der Waals surface area contributed by atoms with Crippen LogP contribution in [0.3, 0.4) is 0 Å². The Kier molecular flexibility index (Phi) is 3.08. The Morgan fingerprint density at radius 2 is 2.36 bits per heavy atom. The Bertz CT molecular complexity index is 393. The minimum absolute atomic E-state index is 0.0674. The molecule has 0 aromatic heterocycles. The highest BCUT2D eigenvalue weighted by molar-refractivity contribution is 5.70. The van der Waals surface area contributed by atoms with Crippen LogP contribution in [0, 0.1) is 11.3 Å². The van der Waals surface area contributed by atoms with Crippen LogP contribution in [0.15, 0.2) is 18.2 Å². The van der Waals surface area contributed by atoms with Crippen LogP contribution in [-0.2, 0) is 11.2 Å². The molecule has 72 valence electrons. The Morgan fingerprint density at radius 1 is 1.64 bits per heavy atom. The average molecular weight is 191 g/mol. The summed E-state index contributed by atoms with van der Waals surface area (Å²) in [5.41, 5.74) is 1.02.